The van der Waals surface area contributed by atoms with Gasteiger partial charge in [0.2, 0.25) is 0 Å². The second-order valence-electron chi connectivity index (χ2n) is 4.95. The Morgan fingerprint density at radius 2 is 1.79 bits per heavy atom. The maximum atomic E-state index is 10.9. The van der Waals surface area contributed by atoms with Gasteiger partial charge in [0.1, 0.15) is 22.2 Å². The summed E-state index contributed by atoms with van der Waals surface area (Å²) in [5.74, 6) is 1.52. The van der Waals surface area contributed by atoms with E-state index in [1.807, 2.05) is 12.1 Å². The predicted octanol–water partition coefficient (Wildman–Crippen LogP) is 1.82. The molecule has 0 heterocycles. The second kappa shape index (κ2) is 7.50. The Hall–Kier alpha value is -1.07. The highest BCUT2D eigenvalue weighted by Gasteiger charge is 2.01. The predicted molar refractivity (Wildman–Crippen MR) is 78.6 cm³/mol. The Morgan fingerprint density at radius 3 is 2.32 bits per heavy atom. The molecule has 0 spiro atoms. The zero-order chi connectivity index (χ0) is 14.3. The van der Waals surface area contributed by atoms with Crippen molar-refractivity contribution in [3.05, 3.63) is 29.8 Å². The van der Waals surface area contributed by atoms with E-state index in [1.165, 1.54) is 11.8 Å². The van der Waals surface area contributed by atoms with Gasteiger partial charge >= 0.3 is 0 Å². The molecule has 0 atom stereocenters. The van der Waals surface area contributed by atoms with Crippen LogP contribution >= 0.6 is 0 Å². The molecule has 0 fully saturated rings. The standard InChI is InChI=1S/C14H23NO3S/c1-12(2)13-4-6-14(7-5-13)18-10-8-15-9-11-19(3,16)17/h4-7,12,15H,8-11H2,1-3H3. The van der Waals surface area contributed by atoms with Crippen LogP contribution < -0.4 is 10.1 Å². The third-order valence-corrected chi connectivity index (χ3v) is 3.69. The molecule has 1 N–H and O–H groups in total. The molecule has 0 unspecified atom stereocenters. The van der Waals surface area contributed by atoms with E-state index >= 15 is 0 Å². The molecule has 1 rings (SSSR count). The van der Waals surface area contributed by atoms with Crippen molar-refractivity contribution in [1.29, 1.82) is 0 Å². The average Bonchev–Trinajstić information content (AvgIpc) is 2.33. The molecular formula is C14H23NO3S. The van der Waals surface area contributed by atoms with Crippen LogP contribution in [0.4, 0.5) is 0 Å². The van der Waals surface area contributed by atoms with Gasteiger partial charge in [-0.15, -0.1) is 0 Å². The average molecular weight is 285 g/mol. The molecule has 0 saturated heterocycles. The summed E-state index contributed by atoms with van der Waals surface area (Å²) >= 11 is 0. The number of hydrogen-bond donors (Lipinski definition) is 1. The minimum absolute atomic E-state index is 0.163. The quantitative estimate of drug-likeness (QED) is 0.740. The largest absolute Gasteiger partial charge is 0.492 e. The third-order valence-electron chi connectivity index (χ3n) is 2.74. The van der Waals surface area contributed by atoms with Gasteiger partial charge in [0.05, 0.1) is 5.75 Å². The summed E-state index contributed by atoms with van der Waals surface area (Å²) in [6, 6.07) is 8.06. The Labute approximate surface area is 116 Å². The van der Waals surface area contributed by atoms with Crippen LogP contribution in [0.3, 0.4) is 0 Å². The SMILES string of the molecule is CC(C)c1ccc(OCCNCCS(C)(=O)=O)cc1. The zero-order valence-corrected chi connectivity index (χ0v) is 12.7. The summed E-state index contributed by atoms with van der Waals surface area (Å²) in [6.07, 6.45) is 1.24. The summed E-state index contributed by atoms with van der Waals surface area (Å²) in [6.45, 7) is 5.95. The Balaban J connectivity index is 2.19. The molecular weight excluding hydrogens is 262 g/mol. The van der Waals surface area contributed by atoms with Gasteiger partial charge in [0.25, 0.3) is 0 Å². The third kappa shape index (κ3) is 7.18. The lowest BCUT2D eigenvalue weighted by Crippen LogP contribution is -2.26. The molecule has 0 radical (unpaired) electrons. The van der Waals surface area contributed by atoms with E-state index < -0.39 is 9.84 Å². The van der Waals surface area contributed by atoms with Crippen molar-refractivity contribution in [2.45, 2.75) is 19.8 Å². The lowest BCUT2D eigenvalue weighted by Gasteiger charge is -2.09. The molecule has 1 aromatic rings. The topological polar surface area (TPSA) is 55.4 Å². The molecule has 0 aromatic heterocycles. The van der Waals surface area contributed by atoms with Crippen LogP contribution in [0.2, 0.25) is 0 Å². The first-order chi connectivity index (χ1) is 8.88. The van der Waals surface area contributed by atoms with Crippen LogP contribution in [0, 0.1) is 0 Å². The van der Waals surface area contributed by atoms with Crippen molar-refractivity contribution < 1.29 is 13.2 Å². The van der Waals surface area contributed by atoms with E-state index in [9.17, 15) is 8.42 Å². The van der Waals surface area contributed by atoms with Crippen LogP contribution in [-0.4, -0.2) is 40.1 Å². The molecule has 0 aliphatic carbocycles. The van der Waals surface area contributed by atoms with E-state index in [4.69, 9.17) is 4.74 Å². The van der Waals surface area contributed by atoms with Crippen molar-refractivity contribution in [1.82, 2.24) is 5.32 Å². The lowest BCUT2D eigenvalue weighted by molar-refractivity contribution is 0.315. The summed E-state index contributed by atoms with van der Waals surface area (Å²) < 4.78 is 27.4. The van der Waals surface area contributed by atoms with E-state index in [-0.39, 0.29) is 5.75 Å². The monoisotopic (exact) mass is 285 g/mol. The van der Waals surface area contributed by atoms with Crippen molar-refractivity contribution in [3.63, 3.8) is 0 Å². The van der Waals surface area contributed by atoms with Crippen molar-refractivity contribution in [2.75, 3.05) is 31.7 Å². The van der Waals surface area contributed by atoms with Gasteiger partial charge in [0.15, 0.2) is 0 Å². The number of rotatable bonds is 8. The van der Waals surface area contributed by atoms with E-state index in [1.54, 1.807) is 0 Å². The molecule has 5 heteroatoms. The molecule has 0 saturated carbocycles. The fourth-order valence-corrected chi connectivity index (χ4v) is 2.09. The van der Waals surface area contributed by atoms with Gasteiger partial charge in [0, 0.05) is 19.3 Å². The summed E-state index contributed by atoms with van der Waals surface area (Å²) in [7, 11) is -2.88. The highest BCUT2D eigenvalue weighted by atomic mass is 32.2. The molecule has 108 valence electrons. The number of nitrogens with one attached hydrogen (secondary N) is 1. The Morgan fingerprint density at radius 1 is 1.16 bits per heavy atom. The fraction of sp³-hybridized carbons (Fsp3) is 0.571. The van der Waals surface area contributed by atoms with Gasteiger partial charge in [-0.05, 0) is 23.6 Å². The van der Waals surface area contributed by atoms with E-state index in [2.05, 4.69) is 31.3 Å². The van der Waals surface area contributed by atoms with Crippen LogP contribution in [0.25, 0.3) is 0 Å². The van der Waals surface area contributed by atoms with Crippen LogP contribution in [0.1, 0.15) is 25.3 Å². The molecule has 0 amide bonds. The summed E-state index contributed by atoms with van der Waals surface area (Å²) in [4.78, 5) is 0. The maximum absolute atomic E-state index is 10.9. The number of benzene rings is 1. The first-order valence-electron chi connectivity index (χ1n) is 6.49. The van der Waals surface area contributed by atoms with Crippen LogP contribution in [-0.2, 0) is 9.84 Å². The zero-order valence-electron chi connectivity index (χ0n) is 11.8. The van der Waals surface area contributed by atoms with Crippen molar-refractivity contribution in [3.8, 4) is 5.75 Å². The van der Waals surface area contributed by atoms with E-state index in [0.717, 1.165) is 5.75 Å². The molecule has 4 nitrogen and oxygen atoms in total. The maximum Gasteiger partial charge on any atom is 0.148 e. The molecule has 0 bridgehead atoms. The van der Waals surface area contributed by atoms with Crippen molar-refractivity contribution >= 4 is 9.84 Å². The molecule has 1 aromatic carbocycles. The number of ether oxygens (including phenoxy) is 1. The normalized spacial score (nSPS) is 11.8. The Kier molecular flexibility index (Phi) is 6.31. The first kappa shape index (κ1) is 16.0. The lowest BCUT2D eigenvalue weighted by atomic mass is 10.0. The van der Waals surface area contributed by atoms with Crippen LogP contribution in [0.5, 0.6) is 5.75 Å². The van der Waals surface area contributed by atoms with Gasteiger partial charge < -0.3 is 10.1 Å². The molecule has 0 aliphatic rings. The number of sulfone groups is 1. The van der Waals surface area contributed by atoms with Crippen LogP contribution in [0.15, 0.2) is 24.3 Å². The van der Waals surface area contributed by atoms with Gasteiger partial charge in [-0.2, -0.15) is 0 Å². The number of hydrogen-bond acceptors (Lipinski definition) is 4. The first-order valence-corrected chi connectivity index (χ1v) is 8.56. The summed E-state index contributed by atoms with van der Waals surface area (Å²) in [5.41, 5.74) is 1.29. The van der Waals surface area contributed by atoms with Crippen molar-refractivity contribution in [2.24, 2.45) is 0 Å². The van der Waals surface area contributed by atoms with E-state index in [0.29, 0.717) is 25.6 Å². The second-order valence-corrected chi connectivity index (χ2v) is 7.21. The minimum atomic E-state index is -2.88. The van der Waals surface area contributed by atoms with Gasteiger partial charge in [-0.25, -0.2) is 8.42 Å². The molecule has 19 heavy (non-hydrogen) atoms. The van der Waals surface area contributed by atoms with Gasteiger partial charge in [-0.3, -0.25) is 0 Å². The smallest absolute Gasteiger partial charge is 0.148 e. The van der Waals surface area contributed by atoms with Gasteiger partial charge in [-0.1, -0.05) is 26.0 Å². The molecule has 0 aliphatic heterocycles. The Bertz CT molecular complexity index is 466. The minimum Gasteiger partial charge on any atom is -0.492 e. The fourth-order valence-electron chi connectivity index (χ4n) is 1.57. The summed E-state index contributed by atoms with van der Waals surface area (Å²) in [5, 5.41) is 3.04. The highest BCUT2D eigenvalue weighted by Crippen LogP contribution is 2.18. The highest BCUT2D eigenvalue weighted by molar-refractivity contribution is 7.90.